The fourth-order valence-corrected chi connectivity index (χ4v) is 5.28. The lowest BCUT2D eigenvalue weighted by Gasteiger charge is -2.43. The highest BCUT2D eigenvalue weighted by Crippen LogP contribution is 2.49. The number of hydrogen-bond acceptors (Lipinski definition) is 5. The van der Waals surface area contributed by atoms with Crippen LogP contribution in [0.1, 0.15) is 83.5 Å². The summed E-state index contributed by atoms with van der Waals surface area (Å²) in [6.07, 6.45) is 5.16. The Bertz CT molecular complexity index is 1430. The summed E-state index contributed by atoms with van der Waals surface area (Å²) < 4.78 is 0. The summed E-state index contributed by atoms with van der Waals surface area (Å²) in [5, 5.41) is 22.8. The maximum Gasteiger partial charge on any atom is 0.339 e. The van der Waals surface area contributed by atoms with Gasteiger partial charge in [-0.1, -0.05) is 52.0 Å². The summed E-state index contributed by atoms with van der Waals surface area (Å²) in [7, 11) is 4.04. The highest BCUT2D eigenvalue weighted by molar-refractivity contribution is 6.07. The highest BCUT2D eigenvalue weighted by Gasteiger charge is 2.39. The maximum absolute atomic E-state index is 13.4. The van der Waals surface area contributed by atoms with E-state index in [-0.39, 0.29) is 27.9 Å². The zero-order valence-electron chi connectivity index (χ0n) is 23.6. The van der Waals surface area contributed by atoms with E-state index in [0.29, 0.717) is 17.7 Å². The fraction of sp³-hybridized carbons (Fsp3) is 0.333. The molecule has 0 fully saturated rings. The van der Waals surface area contributed by atoms with E-state index in [9.17, 15) is 14.7 Å². The first-order chi connectivity index (χ1) is 18.3. The van der Waals surface area contributed by atoms with Crippen LogP contribution in [-0.2, 0) is 17.4 Å². The molecule has 4 rings (SSSR count). The smallest absolute Gasteiger partial charge is 0.339 e. The van der Waals surface area contributed by atoms with Gasteiger partial charge in [-0.15, -0.1) is 0 Å². The van der Waals surface area contributed by atoms with E-state index in [1.165, 1.54) is 29.3 Å². The maximum atomic E-state index is 13.4. The molecule has 0 bridgehead atoms. The quantitative estimate of drug-likeness (QED) is 0.216. The molecule has 0 saturated carbocycles. The third kappa shape index (κ3) is 6.00. The first-order valence-electron chi connectivity index (χ1n) is 13.3. The lowest BCUT2D eigenvalue weighted by atomic mass is 9.62. The van der Waals surface area contributed by atoms with Crippen molar-refractivity contribution in [2.75, 3.05) is 24.3 Å². The number of carbonyl (C=O) groups is 2. The Morgan fingerprint density at radius 1 is 0.949 bits per heavy atom. The fourth-order valence-electron chi connectivity index (χ4n) is 5.28. The zero-order valence-corrected chi connectivity index (χ0v) is 23.6. The Morgan fingerprint density at radius 2 is 1.62 bits per heavy atom. The lowest BCUT2D eigenvalue weighted by molar-refractivity contribution is 0.0693. The topological polar surface area (TPSA) is 89.9 Å². The van der Waals surface area contributed by atoms with E-state index >= 15 is 0 Å². The number of carbonyl (C=O) groups excluding carboxylic acids is 1. The van der Waals surface area contributed by atoms with Crippen molar-refractivity contribution in [3.05, 3.63) is 94.1 Å². The monoisotopic (exact) mass is 526 g/mol. The van der Waals surface area contributed by atoms with Crippen LogP contribution in [-0.4, -0.2) is 36.1 Å². The number of carboxylic acids is 1. The summed E-state index contributed by atoms with van der Waals surface area (Å²) in [6, 6.07) is 16.7. The molecule has 3 N–H and O–H groups in total. The van der Waals surface area contributed by atoms with Crippen LogP contribution in [0.4, 0.5) is 11.4 Å². The average molecular weight is 527 g/mol. The Hall–Kier alpha value is -4.06. The molecule has 0 spiro atoms. The highest BCUT2D eigenvalue weighted by atomic mass is 16.4. The predicted molar refractivity (Wildman–Crippen MR) is 158 cm³/mol. The average Bonchev–Trinajstić information content (AvgIpc) is 2.88. The standard InChI is InChI=1S/C33H38N2O4/c1-32(2)15-16-33(3,4)30-26(32)18-23(19-27(30)34-20-22-7-11-24(12-8-22)35(5)6)28(36)14-10-21-9-13-25(31(38)39)29(37)17-21/h7-14,17-19,34,37H,15-16,20H2,1-6H3,(H,38,39). The van der Waals surface area contributed by atoms with Gasteiger partial charge in [0.15, 0.2) is 5.78 Å². The van der Waals surface area contributed by atoms with Crippen LogP contribution in [0.3, 0.4) is 0 Å². The number of carboxylic acid groups (broad SMARTS) is 1. The molecule has 0 saturated heterocycles. The van der Waals surface area contributed by atoms with Crippen molar-refractivity contribution in [1.29, 1.82) is 0 Å². The number of rotatable bonds is 8. The third-order valence-corrected chi connectivity index (χ3v) is 7.82. The number of ketones is 1. The van der Waals surface area contributed by atoms with Crippen LogP contribution in [0.5, 0.6) is 5.75 Å². The number of fused-ring (bicyclic) bond motifs is 1. The summed E-state index contributed by atoms with van der Waals surface area (Å²) in [6.45, 7) is 9.66. The van der Waals surface area contributed by atoms with E-state index in [2.05, 4.69) is 62.2 Å². The van der Waals surface area contributed by atoms with Crippen LogP contribution in [0.15, 0.2) is 60.7 Å². The van der Waals surface area contributed by atoms with Crippen LogP contribution >= 0.6 is 0 Å². The van der Waals surface area contributed by atoms with Gasteiger partial charge >= 0.3 is 5.97 Å². The molecule has 0 radical (unpaired) electrons. The van der Waals surface area contributed by atoms with Gasteiger partial charge in [-0.05, 0) is 88.4 Å². The molecule has 1 aliphatic rings. The Kier molecular flexibility index (Phi) is 7.60. The summed E-state index contributed by atoms with van der Waals surface area (Å²) in [5.74, 6) is -1.69. The minimum atomic E-state index is -1.20. The second-order valence-corrected chi connectivity index (χ2v) is 11.9. The van der Waals surface area contributed by atoms with Crippen molar-refractivity contribution >= 4 is 29.2 Å². The van der Waals surface area contributed by atoms with E-state index in [0.717, 1.165) is 29.8 Å². The van der Waals surface area contributed by atoms with E-state index < -0.39 is 5.97 Å². The molecule has 0 aliphatic heterocycles. The van der Waals surface area contributed by atoms with Gasteiger partial charge < -0.3 is 20.4 Å². The molecule has 1 aliphatic carbocycles. The minimum absolute atomic E-state index is 0.0389. The number of anilines is 2. The number of allylic oxidation sites excluding steroid dienone is 1. The first-order valence-corrected chi connectivity index (χ1v) is 13.3. The van der Waals surface area contributed by atoms with Gasteiger partial charge in [0.25, 0.3) is 0 Å². The van der Waals surface area contributed by atoms with Crippen molar-refractivity contribution < 1.29 is 19.8 Å². The summed E-state index contributed by atoms with van der Waals surface area (Å²) in [4.78, 5) is 26.6. The molecule has 39 heavy (non-hydrogen) atoms. The molecule has 0 unspecified atom stereocenters. The van der Waals surface area contributed by atoms with E-state index in [4.69, 9.17) is 5.11 Å². The summed E-state index contributed by atoms with van der Waals surface area (Å²) in [5.41, 5.74) is 6.57. The van der Waals surface area contributed by atoms with Gasteiger partial charge in [-0.2, -0.15) is 0 Å². The molecule has 3 aromatic rings. The zero-order chi connectivity index (χ0) is 28.5. The molecule has 3 aromatic carbocycles. The van der Waals surface area contributed by atoms with Crippen molar-refractivity contribution in [3.63, 3.8) is 0 Å². The van der Waals surface area contributed by atoms with Crippen LogP contribution in [0, 0.1) is 0 Å². The lowest BCUT2D eigenvalue weighted by Crippen LogP contribution is -2.35. The van der Waals surface area contributed by atoms with Gasteiger partial charge in [0, 0.05) is 37.6 Å². The van der Waals surface area contributed by atoms with E-state index in [1.54, 1.807) is 12.1 Å². The van der Waals surface area contributed by atoms with Crippen molar-refractivity contribution in [2.24, 2.45) is 0 Å². The number of hydrogen-bond donors (Lipinski definition) is 3. The van der Waals surface area contributed by atoms with E-state index in [1.807, 2.05) is 26.2 Å². The number of nitrogens with zero attached hydrogens (tertiary/aromatic N) is 1. The molecular formula is C33H38N2O4. The SMILES string of the molecule is CN(C)c1ccc(CNc2cc(C(=O)C=Cc3ccc(C(=O)O)c(O)c3)cc3c2C(C)(C)CCC3(C)C)cc1. The molecule has 6 nitrogen and oxygen atoms in total. The van der Waals surface area contributed by atoms with Gasteiger partial charge in [0.05, 0.1) is 0 Å². The van der Waals surface area contributed by atoms with Crippen molar-refractivity contribution in [3.8, 4) is 5.75 Å². The molecule has 0 aromatic heterocycles. The Balaban J connectivity index is 1.69. The normalized spacial score (nSPS) is 15.5. The first kappa shape index (κ1) is 28.0. The third-order valence-electron chi connectivity index (χ3n) is 7.82. The van der Waals surface area contributed by atoms with Gasteiger partial charge in [0.1, 0.15) is 11.3 Å². The molecular weight excluding hydrogens is 488 g/mol. The van der Waals surface area contributed by atoms with Crippen LogP contribution in [0.2, 0.25) is 0 Å². The number of phenols is 1. The van der Waals surface area contributed by atoms with Crippen LogP contribution < -0.4 is 10.2 Å². The second-order valence-electron chi connectivity index (χ2n) is 11.9. The minimum Gasteiger partial charge on any atom is -0.507 e. The number of nitrogens with one attached hydrogen (secondary N) is 1. The Labute approximate surface area is 231 Å². The van der Waals surface area contributed by atoms with Crippen LogP contribution in [0.25, 0.3) is 6.08 Å². The molecule has 0 heterocycles. The number of aromatic carboxylic acids is 1. The molecule has 0 atom stereocenters. The van der Waals surface area contributed by atoms with Crippen molar-refractivity contribution in [2.45, 2.75) is 57.9 Å². The van der Waals surface area contributed by atoms with Gasteiger partial charge in [0.2, 0.25) is 0 Å². The van der Waals surface area contributed by atoms with Gasteiger partial charge in [-0.3, -0.25) is 4.79 Å². The molecule has 6 heteroatoms. The molecule has 0 amide bonds. The predicted octanol–water partition coefficient (Wildman–Crippen LogP) is 7.01. The van der Waals surface area contributed by atoms with Gasteiger partial charge in [-0.25, -0.2) is 4.79 Å². The number of aromatic hydroxyl groups is 1. The Morgan fingerprint density at radius 3 is 2.23 bits per heavy atom. The largest absolute Gasteiger partial charge is 0.507 e. The number of benzene rings is 3. The second kappa shape index (κ2) is 10.6. The molecule has 204 valence electrons. The summed E-state index contributed by atoms with van der Waals surface area (Å²) >= 11 is 0. The van der Waals surface area contributed by atoms with Crippen molar-refractivity contribution in [1.82, 2.24) is 0 Å².